The Hall–Kier alpha value is -2.80. The number of hydrogen-bond donors (Lipinski definition) is 2. The number of carbonyl (C=O) groups excluding carboxylic acids is 1. The fourth-order valence-corrected chi connectivity index (χ4v) is 2.65. The van der Waals surface area contributed by atoms with Crippen molar-refractivity contribution in [3.05, 3.63) is 58.9 Å². The lowest BCUT2D eigenvalue weighted by Crippen LogP contribution is -2.18. The maximum atomic E-state index is 12.0. The van der Waals surface area contributed by atoms with Gasteiger partial charge in [-0.1, -0.05) is 6.07 Å². The quantitative estimate of drug-likeness (QED) is 0.574. The number of rotatable bonds is 4. The van der Waals surface area contributed by atoms with Gasteiger partial charge in [-0.25, -0.2) is 5.43 Å². The van der Waals surface area contributed by atoms with Gasteiger partial charge in [-0.2, -0.15) is 10.2 Å². The van der Waals surface area contributed by atoms with Crippen LogP contribution in [-0.4, -0.2) is 27.3 Å². The van der Waals surface area contributed by atoms with Gasteiger partial charge >= 0.3 is 0 Å². The predicted octanol–water partition coefficient (Wildman–Crippen LogP) is 2.61. The number of amides is 1. The van der Waals surface area contributed by atoms with Gasteiger partial charge in [0.2, 0.25) is 0 Å². The summed E-state index contributed by atoms with van der Waals surface area (Å²) in [6.07, 6.45) is 4.86. The summed E-state index contributed by atoms with van der Waals surface area (Å²) < 4.78 is 0. The molecule has 0 atom stereocenters. The molecule has 0 aromatic carbocycles. The second-order valence-electron chi connectivity index (χ2n) is 4.56. The first kappa shape index (κ1) is 14.2. The van der Waals surface area contributed by atoms with E-state index in [0.717, 1.165) is 16.1 Å². The number of hydrogen-bond acceptors (Lipinski definition) is 5. The van der Waals surface area contributed by atoms with E-state index >= 15 is 0 Å². The van der Waals surface area contributed by atoms with Crippen molar-refractivity contribution >= 4 is 23.5 Å². The van der Waals surface area contributed by atoms with E-state index in [1.54, 1.807) is 35.9 Å². The second-order valence-corrected chi connectivity index (χ2v) is 5.85. The van der Waals surface area contributed by atoms with Crippen LogP contribution in [-0.2, 0) is 0 Å². The summed E-state index contributed by atoms with van der Waals surface area (Å²) in [4.78, 5) is 18.2. The summed E-state index contributed by atoms with van der Waals surface area (Å²) in [5, 5.41) is 10.8. The minimum atomic E-state index is -0.365. The van der Waals surface area contributed by atoms with E-state index in [1.807, 2.05) is 25.1 Å². The van der Waals surface area contributed by atoms with Crippen molar-refractivity contribution in [2.24, 2.45) is 5.10 Å². The molecule has 3 heterocycles. The fraction of sp³-hybridized carbons (Fsp3) is 0.0667. The zero-order valence-corrected chi connectivity index (χ0v) is 12.6. The summed E-state index contributed by atoms with van der Waals surface area (Å²) in [5.74, 6) is -0.365. The Bertz CT molecular complexity index is 806. The number of pyridine rings is 1. The van der Waals surface area contributed by atoms with Gasteiger partial charge in [0.1, 0.15) is 0 Å². The van der Waals surface area contributed by atoms with Gasteiger partial charge in [-0.15, -0.1) is 11.3 Å². The average Bonchev–Trinajstić information content (AvgIpc) is 3.17. The lowest BCUT2D eigenvalue weighted by atomic mass is 10.3. The molecule has 3 aromatic heterocycles. The molecule has 6 nitrogen and oxygen atoms in total. The summed E-state index contributed by atoms with van der Waals surface area (Å²) in [6.45, 7) is 2.03. The third-order valence-corrected chi connectivity index (χ3v) is 3.91. The molecule has 0 radical (unpaired) electrons. The molecule has 7 heteroatoms. The molecule has 0 bridgehead atoms. The monoisotopic (exact) mass is 311 g/mol. The maximum Gasteiger partial charge on any atom is 0.291 e. The first-order valence-electron chi connectivity index (χ1n) is 6.58. The van der Waals surface area contributed by atoms with Crippen LogP contribution in [0.2, 0.25) is 0 Å². The van der Waals surface area contributed by atoms with E-state index in [0.29, 0.717) is 5.69 Å². The Balaban J connectivity index is 1.66. The van der Waals surface area contributed by atoms with Crippen molar-refractivity contribution in [3.8, 4) is 10.6 Å². The number of H-pyrrole nitrogens is 1. The Labute approximate surface area is 130 Å². The molecule has 0 aliphatic rings. The molecule has 0 unspecified atom stereocenters. The molecule has 1 amide bonds. The third-order valence-electron chi connectivity index (χ3n) is 2.88. The van der Waals surface area contributed by atoms with Crippen molar-refractivity contribution < 1.29 is 4.79 Å². The van der Waals surface area contributed by atoms with Gasteiger partial charge in [-0.05, 0) is 31.2 Å². The van der Waals surface area contributed by atoms with Crippen LogP contribution in [0.15, 0.2) is 47.8 Å². The van der Waals surface area contributed by atoms with Crippen LogP contribution >= 0.6 is 11.3 Å². The molecule has 0 aliphatic heterocycles. The standard InChI is InChI=1S/C15H13N5OS/c1-10-4-5-14(22-10)12-7-13(19-18-12)15(21)20-17-9-11-3-2-6-16-8-11/h2-9H,1H3,(H,18,19)(H,20,21). The lowest BCUT2D eigenvalue weighted by Gasteiger charge is -1.94. The highest BCUT2D eigenvalue weighted by Gasteiger charge is 2.11. The number of aryl methyl sites for hydroxylation is 1. The van der Waals surface area contributed by atoms with Crippen LogP contribution in [0, 0.1) is 6.92 Å². The molecule has 110 valence electrons. The van der Waals surface area contributed by atoms with Crippen LogP contribution in [0.5, 0.6) is 0 Å². The number of thiophene rings is 1. The second kappa shape index (κ2) is 6.31. The SMILES string of the molecule is Cc1ccc(-c2cc(C(=O)NN=Cc3cccnc3)n[nH]2)s1. The molecular formula is C15H13N5OS. The summed E-state index contributed by atoms with van der Waals surface area (Å²) >= 11 is 1.64. The number of nitrogens with zero attached hydrogens (tertiary/aromatic N) is 3. The fourth-order valence-electron chi connectivity index (χ4n) is 1.82. The van der Waals surface area contributed by atoms with Crippen molar-refractivity contribution in [3.63, 3.8) is 0 Å². The van der Waals surface area contributed by atoms with E-state index < -0.39 is 0 Å². The normalized spacial score (nSPS) is 11.0. The van der Waals surface area contributed by atoms with Gasteiger partial charge in [0.05, 0.1) is 16.8 Å². The van der Waals surface area contributed by atoms with E-state index in [9.17, 15) is 4.79 Å². The molecule has 22 heavy (non-hydrogen) atoms. The Morgan fingerprint density at radius 2 is 2.32 bits per heavy atom. The van der Waals surface area contributed by atoms with Gasteiger partial charge in [0.25, 0.3) is 5.91 Å². The third kappa shape index (κ3) is 3.26. The summed E-state index contributed by atoms with van der Waals surface area (Å²) in [6, 6.07) is 9.37. The Morgan fingerprint density at radius 1 is 1.41 bits per heavy atom. The van der Waals surface area contributed by atoms with E-state index in [4.69, 9.17) is 0 Å². The number of nitrogens with one attached hydrogen (secondary N) is 2. The largest absolute Gasteiger partial charge is 0.291 e. The predicted molar refractivity (Wildman–Crippen MR) is 85.9 cm³/mol. The molecule has 3 rings (SSSR count). The van der Waals surface area contributed by atoms with Crippen molar-refractivity contribution in [1.82, 2.24) is 20.6 Å². The minimum absolute atomic E-state index is 0.296. The zero-order chi connectivity index (χ0) is 15.4. The number of carbonyl (C=O) groups is 1. The first-order valence-corrected chi connectivity index (χ1v) is 7.40. The van der Waals surface area contributed by atoms with E-state index in [-0.39, 0.29) is 5.91 Å². The van der Waals surface area contributed by atoms with Crippen LogP contribution in [0.1, 0.15) is 20.9 Å². The maximum absolute atomic E-state index is 12.0. The van der Waals surface area contributed by atoms with Gasteiger partial charge in [0, 0.05) is 22.8 Å². The Morgan fingerprint density at radius 3 is 3.05 bits per heavy atom. The number of aromatic amines is 1. The highest BCUT2D eigenvalue weighted by Crippen LogP contribution is 2.26. The molecule has 0 spiro atoms. The highest BCUT2D eigenvalue weighted by atomic mass is 32.1. The van der Waals surface area contributed by atoms with Gasteiger partial charge in [0.15, 0.2) is 5.69 Å². The topological polar surface area (TPSA) is 83.0 Å². The van der Waals surface area contributed by atoms with Crippen LogP contribution in [0.25, 0.3) is 10.6 Å². The van der Waals surface area contributed by atoms with Crippen molar-refractivity contribution in [2.75, 3.05) is 0 Å². The van der Waals surface area contributed by atoms with Crippen molar-refractivity contribution in [1.29, 1.82) is 0 Å². The Kier molecular flexibility index (Phi) is 4.06. The average molecular weight is 311 g/mol. The van der Waals surface area contributed by atoms with E-state index in [1.165, 1.54) is 11.1 Å². The molecule has 2 N–H and O–H groups in total. The zero-order valence-electron chi connectivity index (χ0n) is 11.8. The lowest BCUT2D eigenvalue weighted by molar-refractivity contribution is 0.0950. The number of aromatic nitrogens is 3. The van der Waals surface area contributed by atoms with Crippen LogP contribution in [0.3, 0.4) is 0 Å². The van der Waals surface area contributed by atoms with Gasteiger partial charge in [-0.3, -0.25) is 14.9 Å². The number of hydrazone groups is 1. The minimum Gasteiger partial charge on any atom is -0.276 e. The van der Waals surface area contributed by atoms with E-state index in [2.05, 4.69) is 25.7 Å². The first-order chi connectivity index (χ1) is 10.7. The van der Waals surface area contributed by atoms with Gasteiger partial charge < -0.3 is 0 Å². The molecule has 0 aliphatic carbocycles. The van der Waals surface area contributed by atoms with Crippen molar-refractivity contribution in [2.45, 2.75) is 6.92 Å². The highest BCUT2D eigenvalue weighted by molar-refractivity contribution is 7.15. The molecule has 3 aromatic rings. The smallest absolute Gasteiger partial charge is 0.276 e. The van der Waals surface area contributed by atoms with Crippen LogP contribution < -0.4 is 5.43 Å². The summed E-state index contributed by atoms with van der Waals surface area (Å²) in [5.41, 5.74) is 4.36. The molecule has 0 saturated carbocycles. The molecule has 0 saturated heterocycles. The summed E-state index contributed by atoms with van der Waals surface area (Å²) in [7, 11) is 0. The van der Waals surface area contributed by atoms with Crippen LogP contribution in [0.4, 0.5) is 0 Å². The molecular weight excluding hydrogens is 298 g/mol. The molecule has 0 fully saturated rings.